The number of aliphatic hydroxyl groups is 3. The van der Waals surface area contributed by atoms with Gasteiger partial charge in [-0.05, 0) is 12.8 Å². The van der Waals surface area contributed by atoms with E-state index in [0.29, 0.717) is 12.8 Å². The molecule has 0 bridgehead atoms. The van der Waals surface area contributed by atoms with Crippen LogP contribution >= 0.6 is 23.5 Å². The number of aliphatic hydroxyl groups excluding tert-OH is 2. The molecule has 1 saturated carbocycles. The fourth-order valence-electron chi connectivity index (χ4n) is 7.98. The van der Waals surface area contributed by atoms with E-state index < -0.39 is 91.3 Å². The number of phosphoric acid groups is 3. The summed E-state index contributed by atoms with van der Waals surface area (Å²) >= 11 is 0. The predicted molar refractivity (Wildman–Crippen MR) is 252 cm³/mol. The molecule has 19 nitrogen and oxygen atoms in total. The maximum atomic E-state index is 13.2. The van der Waals surface area contributed by atoms with Crippen molar-refractivity contribution in [3.63, 3.8) is 0 Å². The summed E-state index contributed by atoms with van der Waals surface area (Å²) < 4.78 is 73.6. The molecular weight excluding hydrogens is 937 g/mol. The van der Waals surface area contributed by atoms with Crippen LogP contribution in [0.3, 0.4) is 0 Å². The Labute approximate surface area is 401 Å². The van der Waals surface area contributed by atoms with Crippen LogP contribution in [0.1, 0.15) is 221 Å². The van der Waals surface area contributed by atoms with Crippen molar-refractivity contribution in [3.05, 3.63) is 0 Å². The van der Waals surface area contributed by atoms with E-state index in [4.69, 9.17) is 19.9 Å². The minimum atomic E-state index is -5.68. The average Bonchev–Trinajstić information content (AvgIpc) is 3.26. The second-order valence-electron chi connectivity index (χ2n) is 18.0. The largest absolute Gasteiger partial charge is 0.472 e. The van der Waals surface area contributed by atoms with Gasteiger partial charge in [-0.1, -0.05) is 194 Å². The molecule has 0 saturated heterocycles. The molecule has 1 aliphatic carbocycles. The number of hydrogen-bond acceptors (Lipinski definition) is 14. The van der Waals surface area contributed by atoms with Crippen molar-refractivity contribution in [1.82, 2.24) is 0 Å². The minimum Gasteiger partial charge on any atom is -0.462 e. The van der Waals surface area contributed by atoms with Gasteiger partial charge in [0.25, 0.3) is 0 Å². The summed E-state index contributed by atoms with van der Waals surface area (Å²) in [5.41, 5.74) is 0. The first-order valence-electron chi connectivity index (χ1n) is 25.7. The molecule has 1 aliphatic rings. The lowest BCUT2D eigenvalue weighted by Gasteiger charge is -2.44. The summed E-state index contributed by atoms with van der Waals surface area (Å²) in [5, 5.41) is 32.1. The van der Waals surface area contributed by atoms with Gasteiger partial charge in [-0.3, -0.25) is 27.7 Å². The van der Waals surface area contributed by atoms with Crippen LogP contribution in [-0.4, -0.2) is 108 Å². The third-order valence-corrected chi connectivity index (χ3v) is 13.8. The molecule has 1 rings (SSSR count). The Balaban J connectivity index is 2.74. The second kappa shape index (κ2) is 37.9. The van der Waals surface area contributed by atoms with Gasteiger partial charge in [0.05, 0.1) is 7.98 Å². The lowest BCUT2D eigenvalue weighted by Crippen LogP contribution is -2.65. The maximum absolute atomic E-state index is 13.2. The Morgan fingerprint density at radius 2 is 0.791 bits per heavy atom. The average molecular weight is 1030 g/mol. The molecule has 398 valence electrons. The summed E-state index contributed by atoms with van der Waals surface area (Å²) in [7, 11) is -16.9. The van der Waals surface area contributed by atoms with Gasteiger partial charge in [0, 0.05) is 12.8 Å². The SMILES string of the molecule is [3H][C@]1(O)[C@H](O)[C@H](OP(=O)(O)O)[C@@H](OP(=O)(O)O)[C@@H](O)[C@@H]1OP(=O)(O)OC[C@H](COC(=O)CCCCCCCCCCCCCCCCC)OC(=O)CCCCCCCCCCCCCCCCC. The molecule has 0 radical (unpaired) electrons. The number of carbonyl (C=O) groups is 2. The lowest BCUT2D eigenvalue weighted by atomic mass is 9.85. The Morgan fingerprint density at radius 3 is 1.15 bits per heavy atom. The number of ether oxygens (including phenoxy) is 2. The Hall–Kier alpha value is -0.850. The minimum absolute atomic E-state index is 0.0219. The molecule has 0 aliphatic heterocycles. The van der Waals surface area contributed by atoms with Gasteiger partial charge in [0.2, 0.25) is 0 Å². The summed E-state index contributed by atoms with van der Waals surface area (Å²) in [4.78, 5) is 73.4. The molecule has 1 fully saturated rings. The molecular formula is C45H89O19P3. The number of phosphoric ester groups is 3. The van der Waals surface area contributed by atoms with E-state index in [1.165, 1.54) is 122 Å². The fourth-order valence-corrected chi connectivity index (χ4v) is 10.0. The molecule has 0 amide bonds. The van der Waals surface area contributed by atoms with Crippen LogP contribution in [0.5, 0.6) is 0 Å². The Bertz CT molecular complexity index is 1470. The molecule has 0 heterocycles. The van der Waals surface area contributed by atoms with Gasteiger partial charge in [-0.15, -0.1) is 0 Å². The van der Waals surface area contributed by atoms with Gasteiger partial charge in [-0.2, -0.15) is 0 Å². The highest BCUT2D eigenvalue weighted by atomic mass is 31.2. The van der Waals surface area contributed by atoms with E-state index in [2.05, 4.69) is 22.9 Å². The molecule has 0 aromatic carbocycles. The second-order valence-corrected chi connectivity index (χ2v) is 21.8. The lowest BCUT2D eigenvalue weighted by molar-refractivity contribution is -0.213. The number of unbranched alkanes of at least 4 members (excludes halogenated alkanes) is 28. The monoisotopic (exact) mass is 1030 g/mol. The zero-order valence-electron chi connectivity index (χ0n) is 41.4. The van der Waals surface area contributed by atoms with Crippen LogP contribution in [0, 0.1) is 0 Å². The van der Waals surface area contributed by atoms with Crippen LogP contribution in [0.15, 0.2) is 0 Å². The topological polar surface area (TPSA) is 303 Å². The van der Waals surface area contributed by atoms with Crippen LogP contribution in [-0.2, 0) is 50.9 Å². The third-order valence-electron chi connectivity index (χ3n) is 11.8. The fraction of sp³-hybridized carbons (Fsp3) is 0.956. The highest BCUT2D eigenvalue weighted by Gasteiger charge is 2.56. The zero-order chi connectivity index (χ0) is 50.9. The number of hydrogen-bond donors (Lipinski definition) is 8. The number of esters is 2. The molecule has 22 heteroatoms. The van der Waals surface area contributed by atoms with Crippen LogP contribution in [0.2, 0.25) is 0 Å². The summed E-state index contributed by atoms with van der Waals surface area (Å²) in [6, 6.07) is 0. The summed E-state index contributed by atoms with van der Waals surface area (Å²) in [6.07, 6.45) is 15.3. The van der Waals surface area contributed by atoms with Crippen molar-refractivity contribution in [2.24, 2.45) is 0 Å². The van der Waals surface area contributed by atoms with Crippen molar-refractivity contribution < 1.29 is 92.0 Å². The van der Waals surface area contributed by atoms with Gasteiger partial charge in [-0.25, -0.2) is 13.7 Å². The van der Waals surface area contributed by atoms with Crippen molar-refractivity contribution in [1.29, 1.82) is 0 Å². The molecule has 8 atom stereocenters. The van der Waals surface area contributed by atoms with Crippen molar-refractivity contribution in [2.75, 3.05) is 13.2 Å². The van der Waals surface area contributed by atoms with E-state index in [-0.39, 0.29) is 12.8 Å². The predicted octanol–water partition coefficient (Wildman–Crippen LogP) is 9.52. The van der Waals surface area contributed by atoms with Crippen LogP contribution < -0.4 is 0 Å². The summed E-state index contributed by atoms with van der Waals surface area (Å²) in [6.45, 7) is 2.86. The van der Waals surface area contributed by atoms with Gasteiger partial charge < -0.3 is 49.3 Å². The number of carbonyl (C=O) groups excluding carboxylic acids is 2. The first-order chi connectivity index (χ1) is 32.1. The van der Waals surface area contributed by atoms with E-state index in [0.717, 1.165) is 57.8 Å². The first-order valence-corrected chi connectivity index (χ1v) is 29.8. The zero-order valence-corrected chi connectivity index (χ0v) is 43.1. The number of rotatable bonds is 44. The van der Waals surface area contributed by atoms with Gasteiger partial charge in [0.15, 0.2) is 6.10 Å². The van der Waals surface area contributed by atoms with E-state index in [1.54, 1.807) is 0 Å². The quantitative estimate of drug-likeness (QED) is 0.0160. The Kier molecular flexibility index (Phi) is 35.2. The summed E-state index contributed by atoms with van der Waals surface area (Å²) in [5.74, 6) is -1.34. The van der Waals surface area contributed by atoms with Gasteiger partial charge >= 0.3 is 35.4 Å². The molecule has 0 spiro atoms. The van der Waals surface area contributed by atoms with E-state index in [1.807, 2.05) is 0 Å². The Morgan fingerprint density at radius 1 is 0.463 bits per heavy atom. The highest BCUT2D eigenvalue weighted by Crippen LogP contribution is 2.51. The molecule has 67 heavy (non-hydrogen) atoms. The molecule has 0 aromatic rings. The van der Waals surface area contributed by atoms with E-state index >= 15 is 0 Å². The molecule has 8 N–H and O–H groups in total. The first kappa shape index (κ1) is 62.3. The van der Waals surface area contributed by atoms with Crippen molar-refractivity contribution in [3.8, 4) is 0 Å². The molecule has 1 unspecified atom stereocenters. The molecule has 0 aromatic heterocycles. The maximum Gasteiger partial charge on any atom is 0.472 e. The van der Waals surface area contributed by atoms with Crippen LogP contribution in [0.25, 0.3) is 0 Å². The third kappa shape index (κ3) is 34.2. The smallest absolute Gasteiger partial charge is 0.462 e. The highest BCUT2D eigenvalue weighted by molar-refractivity contribution is 7.47. The van der Waals surface area contributed by atoms with Gasteiger partial charge in [0.1, 0.15) is 43.2 Å². The normalized spacial score (nSPS) is 22.8. The van der Waals surface area contributed by atoms with Crippen molar-refractivity contribution in [2.45, 2.75) is 262 Å². The van der Waals surface area contributed by atoms with Crippen molar-refractivity contribution >= 4 is 35.4 Å². The van der Waals surface area contributed by atoms with Crippen LogP contribution in [0.4, 0.5) is 0 Å². The standard InChI is InChI=1S/C45H89O19P3/c1-3-5-7-9-11-13-15-17-19-21-23-25-27-29-31-33-38(46)59-35-37(61-39(47)34-32-30-28-26-24-22-20-18-16-14-12-10-8-6-4-2)36-60-67(57,58)64-43-40(48)41(49)44(62-65(51,52)53)45(42(43)50)63-66(54,55)56/h37,40-45,48-50H,3-36H2,1-2H3,(H,57,58)(H2,51,52,53)(H2,54,55,56)/t37-,40-,41-,42-,43+,44-,45-/m0/s1/i40T. The van der Waals surface area contributed by atoms with E-state index in [9.17, 15) is 63.1 Å².